The van der Waals surface area contributed by atoms with E-state index in [4.69, 9.17) is 13.9 Å². The maximum atomic E-state index is 13.8. The number of carbonyl (C=O) groups excluding carboxylic acids is 2. The number of furan rings is 1. The number of esters is 1. The molecule has 0 radical (unpaired) electrons. The van der Waals surface area contributed by atoms with Crippen molar-refractivity contribution in [2.75, 3.05) is 7.11 Å². The molecule has 0 saturated heterocycles. The molecule has 1 aliphatic rings. The van der Waals surface area contributed by atoms with Gasteiger partial charge in [-0.3, -0.25) is 14.2 Å². The zero-order chi connectivity index (χ0) is 28.6. The molecule has 0 aliphatic carbocycles. The number of carbonyl (C=O) groups is 2. The number of Topliss-reactive ketones (excluding diaryl/α,β-unsaturated/α-hetero) is 1. The molecular formula is C31H28N2O6S. The van der Waals surface area contributed by atoms with E-state index in [0.29, 0.717) is 43.4 Å². The number of hydrogen-bond acceptors (Lipinski definition) is 8. The zero-order valence-electron chi connectivity index (χ0n) is 22.8. The monoisotopic (exact) mass is 556 g/mol. The lowest BCUT2D eigenvalue weighted by atomic mass is 9.96. The molecule has 1 atom stereocenters. The second-order valence-corrected chi connectivity index (χ2v) is 10.7. The van der Waals surface area contributed by atoms with Crippen LogP contribution < -0.4 is 19.6 Å². The molecule has 8 nitrogen and oxygen atoms in total. The predicted molar refractivity (Wildman–Crippen MR) is 152 cm³/mol. The Balaban J connectivity index is 1.59. The van der Waals surface area contributed by atoms with Crippen molar-refractivity contribution < 1.29 is 23.5 Å². The number of methoxy groups -OCH3 is 1. The quantitative estimate of drug-likeness (QED) is 0.243. The minimum atomic E-state index is -0.720. The third-order valence-corrected chi connectivity index (χ3v) is 7.47. The van der Waals surface area contributed by atoms with Crippen LogP contribution in [0.5, 0.6) is 5.75 Å². The van der Waals surface area contributed by atoms with E-state index in [2.05, 4.69) is 4.99 Å². The molecule has 3 heterocycles. The molecule has 0 spiro atoms. The second-order valence-electron chi connectivity index (χ2n) is 9.64. The van der Waals surface area contributed by atoms with Gasteiger partial charge in [0.15, 0.2) is 10.6 Å². The van der Waals surface area contributed by atoms with Crippen molar-refractivity contribution >= 4 is 29.2 Å². The lowest BCUT2D eigenvalue weighted by Gasteiger charge is -2.25. The zero-order valence-corrected chi connectivity index (χ0v) is 23.6. The lowest BCUT2D eigenvalue weighted by Crippen LogP contribution is -2.40. The standard InChI is InChI=1S/C31H28N2O6S/c1-17(2)38-30(36)27-18(3)32-31-33(28(27)22-10-12-23(37-5)13-11-22)29(35)26(40-31)16-24-14-15-25(39-24)21-8-6-20(7-9-21)19(4)34/h6-17,28H,1-5H3/b26-16-/t28-/m0/s1. The topological polar surface area (TPSA) is 100 Å². The summed E-state index contributed by atoms with van der Waals surface area (Å²) in [6, 6.07) is 17.3. The first kappa shape index (κ1) is 27.1. The van der Waals surface area contributed by atoms with Gasteiger partial charge >= 0.3 is 5.97 Å². The van der Waals surface area contributed by atoms with Gasteiger partial charge in [-0.15, -0.1) is 0 Å². The molecule has 0 amide bonds. The Kier molecular flexibility index (Phi) is 7.40. The van der Waals surface area contributed by atoms with E-state index in [1.807, 2.05) is 30.3 Å². The average molecular weight is 557 g/mol. The first-order valence-corrected chi connectivity index (χ1v) is 13.6. The summed E-state index contributed by atoms with van der Waals surface area (Å²) in [6.45, 7) is 6.83. The van der Waals surface area contributed by atoms with Crippen molar-refractivity contribution in [3.8, 4) is 17.1 Å². The van der Waals surface area contributed by atoms with Gasteiger partial charge < -0.3 is 13.9 Å². The van der Waals surface area contributed by atoms with E-state index in [9.17, 15) is 14.4 Å². The number of thiazole rings is 1. The number of benzene rings is 2. The van der Waals surface area contributed by atoms with Crippen LogP contribution in [0.4, 0.5) is 0 Å². The highest BCUT2D eigenvalue weighted by Gasteiger charge is 2.33. The van der Waals surface area contributed by atoms with Gasteiger partial charge in [0.1, 0.15) is 17.3 Å². The normalized spacial score (nSPS) is 15.2. The van der Waals surface area contributed by atoms with Crippen LogP contribution in [0.15, 0.2) is 86.1 Å². The summed E-state index contributed by atoms with van der Waals surface area (Å²) in [5.41, 5.74) is 2.67. The molecule has 0 fully saturated rings. The molecule has 0 saturated carbocycles. The molecule has 0 unspecified atom stereocenters. The molecule has 2 aromatic carbocycles. The third kappa shape index (κ3) is 5.20. The molecular weight excluding hydrogens is 528 g/mol. The minimum absolute atomic E-state index is 0.00846. The third-order valence-electron chi connectivity index (χ3n) is 6.49. The number of rotatable bonds is 7. The predicted octanol–water partition coefficient (Wildman–Crippen LogP) is 4.66. The van der Waals surface area contributed by atoms with E-state index < -0.39 is 12.0 Å². The molecule has 2 aromatic heterocycles. The Morgan fingerprint density at radius 3 is 2.38 bits per heavy atom. The van der Waals surface area contributed by atoms with Crippen LogP contribution in [0, 0.1) is 0 Å². The first-order chi connectivity index (χ1) is 19.2. The number of nitrogens with zero attached hydrogens (tertiary/aromatic N) is 2. The van der Waals surface area contributed by atoms with Gasteiger partial charge in [-0.25, -0.2) is 9.79 Å². The maximum Gasteiger partial charge on any atom is 0.338 e. The number of aromatic nitrogens is 1. The highest BCUT2D eigenvalue weighted by molar-refractivity contribution is 7.07. The first-order valence-electron chi connectivity index (χ1n) is 12.7. The number of hydrogen-bond donors (Lipinski definition) is 0. The molecule has 40 heavy (non-hydrogen) atoms. The number of allylic oxidation sites excluding steroid dienone is 1. The van der Waals surface area contributed by atoms with E-state index in [1.54, 1.807) is 64.3 Å². The Labute approximate surface area is 234 Å². The Hall–Kier alpha value is -4.50. The summed E-state index contributed by atoms with van der Waals surface area (Å²) < 4.78 is 18.8. The summed E-state index contributed by atoms with van der Waals surface area (Å²) in [5.74, 6) is 1.24. The highest BCUT2D eigenvalue weighted by atomic mass is 32.1. The van der Waals surface area contributed by atoms with Crippen molar-refractivity contribution in [2.24, 2.45) is 4.99 Å². The largest absolute Gasteiger partial charge is 0.497 e. The summed E-state index contributed by atoms with van der Waals surface area (Å²) in [6.07, 6.45) is 1.34. The fourth-order valence-corrected chi connectivity index (χ4v) is 5.57. The Morgan fingerprint density at radius 1 is 1.05 bits per heavy atom. The number of ketones is 1. The van der Waals surface area contributed by atoms with Crippen LogP contribution in [-0.4, -0.2) is 29.5 Å². The van der Waals surface area contributed by atoms with E-state index in [1.165, 1.54) is 22.8 Å². The van der Waals surface area contributed by atoms with Gasteiger partial charge in [-0.2, -0.15) is 0 Å². The van der Waals surface area contributed by atoms with Gasteiger partial charge in [0.25, 0.3) is 5.56 Å². The van der Waals surface area contributed by atoms with Gasteiger partial charge in [0, 0.05) is 17.2 Å². The summed E-state index contributed by atoms with van der Waals surface area (Å²) in [4.78, 5) is 43.7. The van der Waals surface area contributed by atoms with Crippen LogP contribution in [0.2, 0.25) is 0 Å². The minimum Gasteiger partial charge on any atom is -0.497 e. The van der Waals surface area contributed by atoms with Crippen LogP contribution >= 0.6 is 11.3 Å². The van der Waals surface area contributed by atoms with Crippen LogP contribution in [-0.2, 0) is 9.53 Å². The van der Waals surface area contributed by atoms with Crippen molar-refractivity contribution in [3.63, 3.8) is 0 Å². The van der Waals surface area contributed by atoms with Crippen molar-refractivity contribution in [3.05, 3.63) is 109 Å². The lowest BCUT2D eigenvalue weighted by molar-refractivity contribution is -0.143. The van der Waals surface area contributed by atoms with Gasteiger partial charge in [-0.1, -0.05) is 47.7 Å². The molecule has 1 aliphatic heterocycles. The smallest absolute Gasteiger partial charge is 0.338 e. The Morgan fingerprint density at radius 2 is 1.75 bits per heavy atom. The van der Waals surface area contributed by atoms with Crippen LogP contribution in [0.25, 0.3) is 17.4 Å². The van der Waals surface area contributed by atoms with Gasteiger partial charge in [0.05, 0.1) is 35.1 Å². The van der Waals surface area contributed by atoms with Gasteiger partial charge in [0.2, 0.25) is 0 Å². The van der Waals surface area contributed by atoms with E-state index in [-0.39, 0.29) is 17.4 Å². The molecule has 0 bridgehead atoms. The molecule has 0 N–H and O–H groups in total. The second kappa shape index (κ2) is 10.9. The SMILES string of the molecule is COc1ccc([C@H]2C(C(=O)OC(C)C)=C(C)N=c3s/c(=C\c4ccc(-c5ccc(C(C)=O)cc5)o4)c(=O)n32)cc1. The number of ether oxygens (including phenoxy) is 2. The highest BCUT2D eigenvalue weighted by Crippen LogP contribution is 2.32. The molecule has 5 rings (SSSR count). The average Bonchev–Trinajstić information content (AvgIpc) is 3.52. The summed E-state index contributed by atoms with van der Waals surface area (Å²) in [5, 5.41) is 0. The molecule has 204 valence electrons. The fraction of sp³-hybridized carbons (Fsp3) is 0.226. The van der Waals surface area contributed by atoms with E-state index in [0.717, 1.165) is 11.1 Å². The molecule has 4 aromatic rings. The van der Waals surface area contributed by atoms with Crippen LogP contribution in [0.3, 0.4) is 0 Å². The summed E-state index contributed by atoms with van der Waals surface area (Å²) >= 11 is 1.22. The Bertz CT molecular complexity index is 1800. The fourth-order valence-electron chi connectivity index (χ4n) is 4.55. The van der Waals surface area contributed by atoms with Crippen molar-refractivity contribution in [2.45, 2.75) is 39.8 Å². The maximum absolute atomic E-state index is 13.8. The van der Waals surface area contributed by atoms with Crippen molar-refractivity contribution in [1.82, 2.24) is 4.57 Å². The van der Waals surface area contributed by atoms with E-state index >= 15 is 0 Å². The van der Waals surface area contributed by atoms with Crippen LogP contribution in [0.1, 0.15) is 55.4 Å². The number of fused-ring (bicyclic) bond motifs is 1. The molecule has 9 heteroatoms. The van der Waals surface area contributed by atoms with Gasteiger partial charge in [-0.05, 0) is 57.5 Å². The summed E-state index contributed by atoms with van der Waals surface area (Å²) in [7, 11) is 1.58. The van der Waals surface area contributed by atoms with Crippen molar-refractivity contribution in [1.29, 1.82) is 0 Å².